The van der Waals surface area contributed by atoms with E-state index in [0.29, 0.717) is 13.2 Å². The molecule has 1 aromatic carbocycles. The Morgan fingerprint density at radius 3 is 2.56 bits per heavy atom. The Kier molecular flexibility index (Phi) is 5.80. The van der Waals surface area contributed by atoms with Gasteiger partial charge in [-0.05, 0) is 60.9 Å². The minimum absolute atomic E-state index is 0.0313. The highest BCUT2D eigenvalue weighted by molar-refractivity contribution is 7.17. The number of hydrogen-bond donors (Lipinski definition) is 1. The van der Waals surface area contributed by atoms with Gasteiger partial charge in [-0.3, -0.25) is 9.78 Å². The molecule has 1 amide bonds. The maximum absolute atomic E-state index is 12.3. The molecule has 2 heterocycles. The summed E-state index contributed by atoms with van der Waals surface area (Å²) in [5, 5.41) is 2.98. The van der Waals surface area contributed by atoms with Crippen LogP contribution in [-0.2, 0) is 6.42 Å². The Balaban J connectivity index is 1.52. The van der Waals surface area contributed by atoms with Crippen LogP contribution < -0.4 is 10.1 Å². The number of pyridine rings is 1. The molecule has 5 heteroatoms. The van der Waals surface area contributed by atoms with Crippen LogP contribution in [0.5, 0.6) is 5.75 Å². The van der Waals surface area contributed by atoms with Crippen LogP contribution >= 0.6 is 11.3 Å². The number of amides is 1. The van der Waals surface area contributed by atoms with Gasteiger partial charge in [-0.1, -0.05) is 12.1 Å². The molecule has 1 N–H and O–H groups in total. The lowest BCUT2D eigenvalue weighted by Gasteiger charge is -2.06. The van der Waals surface area contributed by atoms with Crippen molar-refractivity contribution in [3.05, 3.63) is 71.4 Å². The van der Waals surface area contributed by atoms with Crippen LogP contribution in [0, 0.1) is 0 Å². The molecule has 3 aromatic rings. The quantitative estimate of drug-likeness (QED) is 0.694. The van der Waals surface area contributed by atoms with E-state index in [1.165, 1.54) is 16.9 Å². The molecule has 0 bridgehead atoms. The number of aromatic nitrogens is 1. The second-order valence-electron chi connectivity index (χ2n) is 5.48. The molecular weight excluding hydrogens is 332 g/mol. The minimum Gasteiger partial charge on any atom is -0.494 e. The van der Waals surface area contributed by atoms with Crippen molar-refractivity contribution >= 4 is 17.2 Å². The summed E-state index contributed by atoms with van der Waals surface area (Å²) in [6, 6.07) is 15.7. The van der Waals surface area contributed by atoms with Crippen LogP contribution in [0.15, 0.2) is 60.9 Å². The third-order valence-electron chi connectivity index (χ3n) is 3.73. The third-order valence-corrected chi connectivity index (χ3v) is 4.86. The van der Waals surface area contributed by atoms with E-state index in [-0.39, 0.29) is 5.91 Å². The minimum atomic E-state index is -0.0313. The fourth-order valence-corrected chi connectivity index (χ4v) is 3.39. The van der Waals surface area contributed by atoms with Gasteiger partial charge in [0, 0.05) is 23.8 Å². The molecule has 3 rings (SSSR count). The van der Waals surface area contributed by atoms with E-state index >= 15 is 0 Å². The second kappa shape index (κ2) is 8.44. The Hall–Kier alpha value is -2.66. The Labute approximate surface area is 151 Å². The van der Waals surface area contributed by atoms with E-state index in [4.69, 9.17) is 4.74 Å². The fraction of sp³-hybridized carbons (Fsp3) is 0.200. The van der Waals surface area contributed by atoms with Crippen LogP contribution in [0.1, 0.15) is 22.2 Å². The average molecular weight is 352 g/mol. The molecule has 25 heavy (non-hydrogen) atoms. The Bertz CT molecular complexity index is 813. The van der Waals surface area contributed by atoms with Crippen LogP contribution in [-0.4, -0.2) is 24.0 Å². The first-order valence-electron chi connectivity index (χ1n) is 8.26. The molecule has 0 fully saturated rings. The summed E-state index contributed by atoms with van der Waals surface area (Å²) in [6.45, 7) is 3.24. The highest BCUT2D eigenvalue weighted by Gasteiger charge is 2.09. The van der Waals surface area contributed by atoms with E-state index < -0.39 is 0 Å². The summed E-state index contributed by atoms with van der Waals surface area (Å²) in [5.74, 6) is 0.841. The average Bonchev–Trinajstić information content (AvgIpc) is 3.14. The number of thiophene rings is 1. The molecule has 0 atom stereocenters. The topological polar surface area (TPSA) is 51.2 Å². The van der Waals surface area contributed by atoms with Gasteiger partial charge < -0.3 is 10.1 Å². The van der Waals surface area contributed by atoms with Gasteiger partial charge in [0.2, 0.25) is 0 Å². The number of nitrogens with zero attached hydrogens (tertiary/aromatic N) is 1. The highest BCUT2D eigenvalue weighted by atomic mass is 32.1. The van der Waals surface area contributed by atoms with Crippen molar-refractivity contribution in [2.24, 2.45) is 0 Å². The van der Waals surface area contributed by atoms with Gasteiger partial charge in [-0.15, -0.1) is 11.3 Å². The van der Waals surface area contributed by atoms with Crippen molar-refractivity contribution in [2.45, 2.75) is 13.3 Å². The summed E-state index contributed by atoms with van der Waals surface area (Å²) in [5.41, 5.74) is 2.25. The molecule has 0 aliphatic heterocycles. The second-order valence-corrected chi connectivity index (χ2v) is 6.57. The van der Waals surface area contributed by atoms with Gasteiger partial charge in [-0.25, -0.2) is 0 Å². The van der Waals surface area contributed by atoms with Crippen molar-refractivity contribution in [1.82, 2.24) is 10.3 Å². The third kappa shape index (κ3) is 4.67. The van der Waals surface area contributed by atoms with Crippen molar-refractivity contribution in [2.75, 3.05) is 13.2 Å². The van der Waals surface area contributed by atoms with Gasteiger partial charge >= 0.3 is 0 Å². The molecule has 0 aliphatic carbocycles. The predicted molar refractivity (Wildman–Crippen MR) is 101 cm³/mol. The lowest BCUT2D eigenvalue weighted by molar-refractivity contribution is 0.0958. The summed E-state index contributed by atoms with van der Waals surface area (Å²) in [7, 11) is 0. The summed E-state index contributed by atoms with van der Waals surface area (Å²) in [6.07, 6.45) is 4.30. The highest BCUT2D eigenvalue weighted by Crippen LogP contribution is 2.27. The van der Waals surface area contributed by atoms with Gasteiger partial charge in [0.05, 0.1) is 11.5 Å². The summed E-state index contributed by atoms with van der Waals surface area (Å²) in [4.78, 5) is 18.1. The van der Waals surface area contributed by atoms with Gasteiger partial charge in [-0.2, -0.15) is 0 Å². The first kappa shape index (κ1) is 17.2. The van der Waals surface area contributed by atoms with Crippen molar-refractivity contribution in [1.29, 1.82) is 0 Å². The van der Waals surface area contributed by atoms with E-state index in [2.05, 4.69) is 10.3 Å². The maximum Gasteiger partial charge on any atom is 0.261 e. The lowest BCUT2D eigenvalue weighted by atomic mass is 10.1. The number of hydrogen-bond acceptors (Lipinski definition) is 4. The van der Waals surface area contributed by atoms with Crippen LogP contribution in [0.4, 0.5) is 0 Å². The number of carbonyl (C=O) groups is 1. The fourth-order valence-electron chi connectivity index (χ4n) is 2.46. The molecule has 0 aliphatic rings. The molecule has 0 saturated heterocycles. The largest absolute Gasteiger partial charge is 0.494 e. The molecular formula is C20H20N2O2S. The zero-order valence-corrected chi connectivity index (χ0v) is 14.9. The molecule has 4 nitrogen and oxygen atoms in total. The smallest absolute Gasteiger partial charge is 0.261 e. The zero-order valence-electron chi connectivity index (χ0n) is 14.1. The Morgan fingerprint density at radius 1 is 1.08 bits per heavy atom. The monoisotopic (exact) mass is 352 g/mol. The number of ether oxygens (including phenoxy) is 1. The first-order valence-corrected chi connectivity index (χ1v) is 9.08. The van der Waals surface area contributed by atoms with Crippen molar-refractivity contribution < 1.29 is 9.53 Å². The summed E-state index contributed by atoms with van der Waals surface area (Å²) >= 11 is 1.49. The molecule has 2 aromatic heterocycles. The maximum atomic E-state index is 12.3. The Morgan fingerprint density at radius 2 is 1.84 bits per heavy atom. The number of benzene rings is 1. The van der Waals surface area contributed by atoms with E-state index in [1.54, 1.807) is 12.4 Å². The number of rotatable bonds is 7. The van der Waals surface area contributed by atoms with Crippen LogP contribution in [0.3, 0.4) is 0 Å². The van der Waals surface area contributed by atoms with Gasteiger partial charge in [0.1, 0.15) is 5.75 Å². The van der Waals surface area contributed by atoms with Crippen molar-refractivity contribution in [3.8, 4) is 16.2 Å². The number of nitrogens with one attached hydrogen (secondary N) is 1. The lowest BCUT2D eigenvalue weighted by Crippen LogP contribution is -2.24. The molecule has 0 radical (unpaired) electrons. The van der Waals surface area contributed by atoms with E-state index in [1.807, 2.05) is 55.5 Å². The first-order chi connectivity index (χ1) is 12.3. The predicted octanol–water partition coefficient (Wildman–Crippen LogP) is 4.18. The summed E-state index contributed by atoms with van der Waals surface area (Å²) < 4.78 is 5.43. The van der Waals surface area contributed by atoms with Crippen LogP contribution in [0.2, 0.25) is 0 Å². The molecule has 0 unspecified atom stereocenters. The van der Waals surface area contributed by atoms with Gasteiger partial charge in [0.15, 0.2) is 0 Å². The molecule has 128 valence electrons. The SMILES string of the molecule is CCOc1ccc(CCNC(=O)c2ccc(-c3ccncc3)s2)cc1. The van der Waals surface area contributed by atoms with Crippen molar-refractivity contribution in [3.63, 3.8) is 0 Å². The number of carbonyl (C=O) groups excluding carboxylic acids is 1. The van der Waals surface area contributed by atoms with E-state index in [9.17, 15) is 4.79 Å². The van der Waals surface area contributed by atoms with Gasteiger partial charge in [0.25, 0.3) is 5.91 Å². The normalized spacial score (nSPS) is 10.4. The zero-order chi connectivity index (χ0) is 17.5. The van der Waals surface area contributed by atoms with E-state index in [0.717, 1.165) is 27.5 Å². The molecule has 0 saturated carbocycles. The standard InChI is InChI=1S/C20H20N2O2S/c1-2-24-17-5-3-15(4-6-17)9-14-22-20(23)19-8-7-18(25-19)16-10-12-21-13-11-16/h3-8,10-13H,2,9,14H2,1H3,(H,22,23). The van der Waals surface area contributed by atoms with Crippen LogP contribution in [0.25, 0.3) is 10.4 Å². The molecule has 0 spiro atoms.